The molecule has 1 aliphatic carbocycles. The lowest BCUT2D eigenvalue weighted by atomic mass is 9.90. The lowest BCUT2D eigenvalue weighted by molar-refractivity contribution is -0.122. The van der Waals surface area contributed by atoms with E-state index in [9.17, 15) is 9.18 Å². The Morgan fingerprint density at radius 2 is 2.18 bits per heavy atom. The second kappa shape index (κ2) is 3.98. The molecule has 1 fully saturated rings. The van der Waals surface area contributed by atoms with Gasteiger partial charge < -0.3 is 9.64 Å². The predicted molar refractivity (Wildman–Crippen MR) is 64.7 cm³/mol. The van der Waals surface area contributed by atoms with Crippen LogP contribution in [0.2, 0.25) is 0 Å². The Balaban J connectivity index is 2.09. The quantitative estimate of drug-likeness (QED) is 0.798. The summed E-state index contributed by atoms with van der Waals surface area (Å²) in [7, 11) is 0. The van der Waals surface area contributed by atoms with Crippen LogP contribution in [0.3, 0.4) is 0 Å². The van der Waals surface area contributed by atoms with Gasteiger partial charge in [0, 0.05) is 10.5 Å². The van der Waals surface area contributed by atoms with E-state index < -0.39 is 5.82 Å². The molecule has 0 saturated heterocycles. The lowest BCUT2D eigenvalue weighted by Crippen LogP contribution is -2.48. The van der Waals surface area contributed by atoms with Crippen molar-refractivity contribution >= 4 is 27.5 Å². The van der Waals surface area contributed by atoms with Crippen LogP contribution in [-0.2, 0) is 4.79 Å². The van der Waals surface area contributed by atoms with E-state index in [-0.39, 0.29) is 24.3 Å². The van der Waals surface area contributed by atoms with Crippen molar-refractivity contribution in [3.05, 3.63) is 22.4 Å². The number of benzene rings is 1. The number of hydrogen-bond acceptors (Lipinski definition) is 2. The number of carbonyl (C=O) groups excluding carboxylic acids is 1. The number of amides is 1. The molecule has 0 N–H and O–H groups in total. The van der Waals surface area contributed by atoms with Gasteiger partial charge in [-0.25, -0.2) is 4.39 Å². The van der Waals surface area contributed by atoms with Crippen molar-refractivity contribution in [2.45, 2.75) is 25.3 Å². The first-order valence-corrected chi connectivity index (χ1v) is 6.40. The van der Waals surface area contributed by atoms with Crippen LogP contribution in [-0.4, -0.2) is 18.6 Å². The molecule has 1 aromatic rings. The number of rotatable bonds is 1. The van der Waals surface area contributed by atoms with Gasteiger partial charge in [0.25, 0.3) is 5.91 Å². The molecule has 1 heterocycles. The van der Waals surface area contributed by atoms with Gasteiger partial charge in [0.15, 0.2) is 18.2 Å². The molecule has 3 rings (SSSR count). The highest BCUT2D eigenvalue weighted by Gasteiger charge is 2.36. The van der Waals surface area contributed by atoms with Crippen molar-refractivity contribution in [2.75, 3.05) is 11.5 Å². The van der Waals surface area contributed by atoms with E-state index in [1.165, 1.54) is 6.07 Å². The summed E-state index contributed by atoms with van der Waals surface area (Å²) < 4.78 is 19.5. The molecule has 1 saturated carbocycles. The van der Waals surface area contributed by atoms with E-state index in [0.717, 1.165) is 19.3 Å². The summed E-state index contributed by atoms with van der Waals surface area (Å²) in [5.74, 6) is -0.314. The van der Waals surface area contributed by atoms with Crippen LogP contribution in [0.1, 0.15) is 19.3 Å². The Hall–Kier alpha value is -1.10. The second-order valence-electron chi connectivity index (χ2n) is 4.37. The third-order valence-corrected chi connectivity index (χ3v) is 3.75. The molecule has 5 heteroatoms. The fraction of sp³-hybridized carbons (Fsp3) is 0.417. The van der Waals surface area contributed by atoms with Gasteiger partial charge in [0.05, 0.1) is 5.69 Å². The summed E-state index contributed by atoms with van der Waals surface area (Å²) in [6.45, 7) is -0.0674. The van der Waals surface area contributed by atoms with Crippen LogP contribution in [0.5, 0.6) is 5.75 Å². The number of ether oxygens (including phenoxy) is 1. The van der Waals surface area contributed by atoms with Crippen molar-refractivity contribution in [3.63, 3.8) is 0 Å². The molecule has 1 aliphatic heterocycles. The van der Waals surface area contributed by atoms with Gasteiger partial charge in [-0.05, 0) is 31.4 Å². The van der Waals surface area contributed by atoms with Crippen molar-refractivity contribution in [1.29, 1.82) is 0 Å². The van der Waals surface area contributed by atoms with E-state index in [4.69, 9.17) is 4.74 Å². The highest BCUT2D eigenvalue weighted by molar-refractivity contribution is 9.10. The highest BCUT2D eigenvalue weighted by Crippen LogP contribution is 2.41. The van der Waals surface area contributed by atoms with E-state index in [1.54, 1.807) is 11.0 Å². The van der Waals surface area contributed by atoms with Gasteiger partial charge in [0.1, 0.15) is 0 Å². The molecule has 2 aliphatic rings. The van der Waals surface area contributed by atoms with Gasteiger partial charge in [-0.2, -0.15) is 0 Å². The average Bonchev–Trinajstić information content (AvgIpc) is 2.19. The van der Waals surface area contributed by atoms with E-state index >= 15 is 0 Å². The molecule has 0 atom stereocenters. The van der Waals surface area contributed by atoms with Crippen LogP contribution >= 0.6 is 15.9 Å². The van der Waals surface area contributed by atoms with Crippen LogP contribution < -0.4 is 9.64 Å². The van der Waals surface area contributed by atoms with Gasteiger partial charge in [-0.3, -0.25) is 4.79 Å². The van der Waals surface area contributed by atoms with Crippen LogP contribution in [0.25, 0.3) is 0 Å². The zero-order chi connectivity index (χ0) is 12.0. The Kier molecular flexibility index (Phi) is 2.58. The molecule has 0 radical (unpaired) electrons. The summed E-state index contributed by atoms with van der Waals surface area (Å²) in [6, 6.07) is 3.31. The third-order valence-electron chi connectivity index (χ3n) is 3.30. The monoisotopic (exact) mass is 299 g/mol. The normalized spacial score (nSPS) is 19.6. The summed E-state index contributed by atoms with van der Waals surface area (Å²) in [6.07, 6.45) is 3.10. The fourth-order valence-corrected chi connectivity index (χ4v) is 2.67. The van der Waals surface area contributed by atoms with E-state index in [2.05, 4.69) is 15.9 Å². The highest BCUT2D eigenvalue weighted by atomic mass is 79.9. The smallest absolute Gasteiger partial charge is 0.265 e. The van der Waals surface area contributed by atoms with Gasteiger partial charge in [-0.1, -0.05) is 15.9 Å². The molecule has 1 aromatic carbocycles. The Morgan fingerprint density at radius 3 is 2.82 bits per heavy atom. The fourth-order valence-electron chi connectivity index (χ4n) is 2.25. The minimum atomic E-state index is -0.425. The van der Waals surface area contributed by atoms with Crippen molar-refractivity contribution in [3.8, 4) is 5.75 Å². The van der Waals surface area contributed by atoms with Gasteiger partial charge in [0.2, 0.25) is 0 Å². The maximum Gasteiger partial charge on any atom is 0.265 e. The Bertz CT molecular complexity index is 488. The van der Waals surface area contributed by atoms with Gasteiger partial charge in [-0.15, -0.1) is 0 Å². The molecule has 90 valence electrons. The molecule has 17 heavy (non-hydrogen) atoms. The van der Waals surface area contributed by atoms with Gasteiger partial charge >= 0.3 is 0 Å². The summed E-state index contributed by atoms with van der Waals surface area (Å²) in [4.78, 5) is 13.6. The first kappa shape index (κ1) is 11.0. The predicted octanol–water partition coefficient (Wildman–Crippen LogP) is 2.87. The SMILES string of the molecule is O=C1COc2c(F)cc(Br)cc2N1C1CCC1. The lowest BCUT2D eigenvalue weighted by Gasteiger charge is -2.40. The maximum absolute atomic E-state index is 13.7. The second-order valence-corrected chi connectivity index (χ2v) is 5.29. The zero-order valence-corrected chi connectivity index (χ0v) is 10.7. The number of nitrogens with zero attached hydrogens (tertiary/aromatic N) is 1. The molecular weight excluding hydrogens is 289 g/mol. The zero-order valence-electron chi connectivity index (χ0n) is 9.08. The molecule has 0 aromatic heterocycles. The number of anilines is 1. The van der Waals surface area contributed by atoms with Crippen LogP contribution in [0, 0.1) is 5.82 Å². The maximum atomic E-state index is 13.7. The molecule has 0 bridgehead atoms. The minimum Gasteiger partial charge on any atom is -0.478 e. The average molecular weight is 300 g/mol. The minimum absolute atomic E-state index is 0.0674. The number of fused-ring (bicyclic) bond motifs is 1. The Morgan fingerprint density at radius 1 is 1.41 bits per heavy atom. The van der Waals surface area contributed by atoms with Crippen molar-refractivity contribution in [1.82, 2.24) is 0 Å². The molecular formula is C12H11BrFNO2. The molecule has 0 spiro atoms. The molecule has 0 unspecified atom stereocenters. The van der Waals surface area contributed by atoms with Crippen LogP contribution in [0.15, 0.2) is 16.6 Å². The molecule has 1 amide bonds. The first-order valence-electron chi connectivity index (χ1n) is 5.61. The van der Waals surface area contributed by atoms with E-state index in [1.807, 2.05) is 0 Å². The van der Waals surface area contributed by atoms with Crippen molar-refractivity contribution in [2.24, 2.45) is 0 Å². The summed E-state index contributed by atoms with van der Waals surface area (Å²) in [5, 5.41) is 0. The number of halogens is 2. The Labute approximate surface area is 107 Å². The summed E-state index contributed by atoms with van der Waals surface area (Å²) >= 11 is 3.24. The number of hydrogen-bond donors (Lipinski definition) is 0. The largest absolute Gasteiger partial charge is 0.478 e. The standard InChI is InChI=1S/C12H11BrFNO2/c13-7-4-9(14)12-10(5-7)15(8-2-1-3-8)11(16)6-17-12/h4-5,8H,1-3,6H2. The van der Waals surface area contributed by atoms with Crippen molar-refractivity contribution < 1.29 is 13.9 Å². The van der Waals surface area contributed by atoms with E-state index in [0.29, 0.717) is 10.2 Å². The third kappa shape index (κ3) is 1.73. The topological polar surface area (TPSA) is 29.5 Å². The van der Waals surface area contributed by atoms with Crippen LogP contribution in [0.4, 0.5) is 10.1 Å². The first-order chi connectivity index (χ1) is 8.16. The molecule has 3 nitrogen and oxygen atoms in total. The number of carbonyl (C=O) groups is 1. The summed E-state index contributed by atoms with van der Waals surface area (Å²) in [5.41, 5.74) is 0.554.